The maximum Gasteiger partial charge on any atom is 0.305 e. The number of cyclic esters (lactones) is 1. The number of esters is 1. The van der Waals surface area contributed by atoms with Crippen LogP contribution in [0.3, 0.4) is 0 Å². The van der Waals surface area contributed by atoms with Gasteiger partial charge in [0.2, 0.25) is 11.8 Å². The molecule has 26 heavy (non-hydrogen) atoms. The molecule has 2 amide bonds. The molecule has 0 saturated carbocycles. The van der Waals surface area contributed by atoms with Crippen LogP contribution in [0.25, 0.3) is 0 Å². The van der Waals surface area contributed by atoms with E-state index in [0.717, 1.165) is 6.42 Å². The normalized spacial score (nSPS) is 23.9. The minimum absolute atomic E-state index is 0.0467. The van der Waals surface area contributed by atoms with Crippen molar-refractivity contribution in [2.45, 2.75) is 65.0 Å². The Hall–Kier alpha value is -1.89. The Morgan fingerprint density at radius 2 is 2.08 bits per heavy atom. The van der Waals surface area contributed by atoms with Crippen LogP contribution in [0.1, 0.15) is 52.9 Å². The SMILES string of the molecule is CC(C)[C@H]1COC(=O)CCCC=CC[C@H](CC(=O)N[C@@H](C)CO)C(=O)N1. The van der Waals surface area contributed by atoms with Crippen molar-refractivity contribution in [2.75, 3.05) is 13.2 Å². The standard InChI is InChI=1S/C19H32N2O5/c1-13(2)16-12-26-18(24)9-7-5-4-6-8-15(19(25)21-16)10-17(23)20-14(3)11-22/h4,6,13-16,22H,5,7-12H2,1-3H3,(H,20,23)(H,21,25)/t14-,15+,16+/m0/s1. The zero-order chi connectivity index (χ0) is 19.5. The molecule has 0 aromatic heterocycles. The molecule has 7 nitrogen and oxygen atoms in total. The van der Waals surface area contributed by atoms with Gasteiger partial charge in [-0.25, -0.2) is 0 Å². The molecule has 0 bridgehead atoms. The van der Waals surface area contributed by atoms with Gasteiger partial charge in [-0.3, -0.25) is 14.4 Å². The number of aliphatic hydroxyl groups excluding tert-OH is 1. The van der Waals surface area contributed by atoms with Gasteiger partial charge in [0.15, 0.2) is 0 Å². The van der Waals surface area contributed by atoms with Gasteiger partial charge in [-0.05, 0) is 32.1 Å². The van der Waals surface area contributed by atoms with E-state index in [1.54, 1.807) is 6.92 Å². The average Bonchev–Trinajstić information content (AvgIpc) is 2.60. The van der Waals surface area contributed by atoms with Crippen LogP contribution in [0.5, 0.6) is 0 Å². The molecular weight excluding hydrogens is 336 g/mol. The van der Waals surface area contributed by atoms with Crippen LogP contribution in [0, 0.1) is 11.8 Å². The molecule has 0 aliphatic carbocycles. The van der Waals surface area contributed by atoms with Crippen LogP contribution in [-0.2, 0) is 19.1 Å². The molecule has 1 aliphatic heterocycles. The molecule has 0 fully saturated rings. The molecular formula is C19H32N2O5. The third-order valence-corrected chi connectivity index (χ3v) is 4.38. The first kappa shape index (κ1) is 22.2. The molecule has 3 atom stereocenters. The second kappa shape index (κ2) is 11.7. The van der Waals surface area contributed by atoms with Crippen LogP contribution in [0.2, 0.25) is 0 Å². The molecule has 0 aromatic carbocycles. The van der Waals surface area contributed by atoms with Crippen LogP contribution in [0.4, 0.5) is 0 Å². The number of rotatable bonds is 5. The number of hydrogen-bond donors (Lipinski definition) is 3. The Morgan fingerprint density at radius 3 is 2.73 bits per heavy atom. The Balaban J connectivity index is 2.83. The minimum Gasteiger partial charge on any atom is -0.463 e. The van der Waals surface area contributed by atoms with Crippen molar-refractivity contribution in [1.82, 2.24) is 10.6 Å². The molecule has 0 unspecified atom stereocenters. The number of hydrogen-bond acceptors (Lipinski definition) is 5. The molecule has 1 aliphatic rings. The topological polar surface area (TPSA) is 105 Å². The van der Waals surface area contributed by atoms with E-state index < -0.39 is 5.92 Å². The van der Waals surface area contributed by atoms with Crippen LogP contribution >= 0.6 is 0 Å². The molecule has 0 aromatic rings. The molecule has 1 heterocycles. The van der Waals surface area contributed by atoms with Gasteiger partial charge in [-0.15, -0.1) is 0 Å². The van der Waals surface area contributed by atoms with Gasteiger partial charge in [0, 0.05) is 18.9 Å². The highest BCUT2D eigenvalue weighted by Crippen LogP contribution is 2.14. The lowest BCUT2D eigenvalue weighted by Crippen LogP contribution is -2.46. The summed E-state index contributed by atoms with van der Waals surface area (Å²) in [5.74, 6) is -1.16. The first-order valence-electron chi connectivity index (χ1n) is 9.34. The zero-order valence-electron chi connectivity index (χ0n) is 16.0. The van der Waals surface area contributed by atoms with Crippen LogP contribution < -0.4 is 10.6 Å². The Kier molecular flexibility index (Phi) is 9.95. The van der Waals surface area contributed by atoms with Gasteiger partial charge in [0.1, 0.15) is 6.61 Å². The Bertz CT molecular complexity index is 504. The summed E-state index contributed by atoms with van der Waals surface area (Å²) >= 11 is 0. The summed E-state index contributed by atoms with van der Waals surface area (Å²) in [6.45, 7) is 5.58. The number of amides is 2. The summed E-state index contributed by atoms with van der Waals surface area (Å²) in [6.07, 6.45) is 6.10. The molecule has 0 spiro atoms. The summed E-state index contributed by atoms with van der Waals surface area (Å²) in [7, 11) is 0. The van der Waals surface area contributed by atoms with Gasteiger partial charge in [0.05, 0.1) is 18.6 Å². The molecule has 7 heteroatoms. The van der Waals surface area contributed by atoms with Crippen molar-refractivity contribution in [2.24, 2.45) is 11.8 Å². The predicted octanol–water partition coefficient (Wildman–Crippen LogP) is 1.30. The van der Waals surface area contributed by atoms with Crippen LogP contribution in [0.15, 0.2) is 12.2 Å². The van der Waals surface area contributed by atoms with Crippen LogP contribution in [-0.4, -0.2) is 48.2 Å². The number of carbonyl (C=O) groups excluding carboxylic acids is 3. The Labute approximate surface area is 155 Å². The van der Waals surface area contributed by atoms with Crippen molar-refractivity contribution in [1.29, 1.82) is 0 Å². The summed E-state index contributed by atoms with van der Waals surface area (Å²) < 4.78 is 5.28. The largest absolute Gasteiger partial charge is 0.463 e. The second-order valence-corrected chi connectivity index (χ2v) is 7.19. The van der Waals surface area contributed by atoms with E-state index in [4.69, 9.17) is 9.84 Å². The first-order chi connectivity index (χ1) is 12.3. The van der Waals surface area contributed by atoms with Crippen molar-refractivity contribution >= 4 is 17.8 Å². The van der Waals surface area contributed by atoms with Gasteiger partial charge in [-0.1, -0.05) is 26.0 Å². The summed E-state index contributed by atoms with van der Waals surface area (Å²) in [6, 6.07) is -0.642. The molecule has 3 N–H and O–H groups in total. The molecule has 0 saturated heterocycles. The third kappa shape index (κ3) is 8.47. The van der Waals surface area contributed by atoms with Crippen molar-refractivity contribution in [3.63, 3.8) is 0 Å². The number of allylic oxidation sites excluding steroid dienone is 2. The number of carbonyl (C=O) groups is 3. The summed E-state index contributed by atoms with van der Waals surface area (Å²) in [5.41, 5.74) is 0. The number of aliphatic hydroxyl groups is 1. The fourth-order valence-corrected chi connectivity index (χ4v) is 2.59. The second-order valence-electron chi connectivity index (χ2n) is 7.19. The van der Waals surface area contributed by atoms with E-state index in [1.165, 1.54) is 0 Å². The third-order valence-electron chi connectivity index (χ3n) is 4.38. The lowest BCUT2D eigenvalue weighted by atomic mass is 9.97. The lowest BCUT2D eigenvalue weighted by molar-refractivity contribution is -0.145. The van der Waals surface area contributed by atoms with Crippen molar-refractivity contribution < 1.29 is 24.2 Å². The average molecular weight is 368 g/mol. The fraction of sp³-hybridized carbons (Fsp3) is 0.737. The molecule has 1 rings (SSSR count). The van der Waals surface area contributed by atoms with Gasteiger partial charge < -0.3 is 20.5 Å². The maximum absolute atomic E-state index is 12.7. The summed E-state index contributed by atoms with van der Waals surface area (Å²) in [5, 5.41) is 14.6. The monoisotopic (exact) mass is 368 g/mol. The van der Waals surface area contributed by atoms with E-state index in [2.05, 4.69) is 10.6 Å². The first-order valence-corrected chi connectivity index (χ1v) is 9.34. The number of nitrogens with one attached hydrogen (secondary N) is 2. The van der Waals surface area contributed by atoms with E-state index in [9.17, 15) is 14.4 Å². The summed E-state index contributed by atoms with van der Waals surface area (Å²) in [4.78, 5) is 36.6. The van der Waals surface area contributed by atoms with Gasteiger partial charge in [-0.2, -0.15) is 0 Å². The van der Waals surface area contributed by atoms with E-state index in [1.807, 2.05) is 26.0 Å². The zero-order valence-corrected chi connectivity index (χ0v) is 16.0. The van der Waals surface area contributed by atoms with Crippen molar-refractivity contribution in [3.8, 4) is 0 Å². The van der Waals surface area contributed by atoms with Gasteiger partial charge >= 0.3 is 5.97 Å². The highest BCUT2D eigenvalue weighted by atomic mass is 16.5. The Morgan fingerprint density at radius 1 is 1.35 bits per heavy atom. The van der Waals surface area contributed by atoms with Gasteiger partial charge in [0.25, 0.3) is 0 Å². The van der Waals surface area contributed by atoms with E-state index in [0.29, 0.717) is 19.3 Å². The van der Waals surface area contributed by atoms with E-state index >= 15 is 0 Å². The fourth-order valence-electron chi connectivity index (χ4n) is 2.59. The number of ether oxygens (including phenoxy) is 1. The smallest absolute Gasteiger partial charge is 0.305 e. The molecule has 148 valence electrons. The maximum atomic E-state index is 12.7. The molecule has 0 radical (unpaired) electrons. The minimum atomic E-state index is -0.505. The lowest BCUT2D eigenvalue weighted by Gasteiger charge is -2.25. The highest BCUT2D eigenvalue weighted by molar-refractivity contribution is 5.86. The predicted molar refractivity (Wildman–Crippen MR) is 98.1 cm³/mol. The highest BCUT2D eigenvalue weighted by Gasteiger charge is 2.26. The quantitative estimate of drug-likeness (QED) is 0.501. The van der Waals surface area contributed by atoms with E-state index in [-0.39, 0.29) is 55.4 Å². The van der Waals surface area contributed by atoms with Crippen molar-refractivity contribution in [3.05, 3.63) is 12.2 Å².